The lowest BCUT2D eigenvalue weighted by molar-refractivity contribution is -0.126. The number of aliphatic hydroxyl groups excluding tert-OH is 1. The van der Waals surface area contributed by atoms with Crippen LogP contribution >= 0.6 is 0 Å². The van der Waals surface area contributed by atoms with Crippen LogP contribution in [0.4, 0.5) is 0 Å². The number of aromatic nitrogens is 3. The lowest BCUT2D eigenvalue weighted by atomic mass is 9.93. The molecule has 1 fully saturated rings. The second kappa shape index (κ2) is 6.70. The second-order valence-corrected chi connectivity index (χ2v) is 5.61. The zero-order chi connectivity index (χ0) is 15.4. The molecule has 3 rings (SSSR count). The minimum atomic E-state index is -0.518. The predicted molar refractivity (Wildman–Crippen MR) is 82.0 cm³/mol. The molecule has 0 bridgehead atoms. The van der Waals surface area contributed by atoms with E-state index in [2.05, 4.69) is 15.6 Å². The number of amides is 1. The van der Waals surface area contributed by atoms with E-state index in [1.807, 2.05) is 30.3 Å². The van der Waals surface area contributed by atoms with E-state index in [0.717, 1.165) is 30.5 Å². The third kappa shape index (κ3) is 3.17. The maximum absolute atomic E-state index is 12.4. The van der Waals surface area contributed by atoms with Crippen LogP contribution < -0.4 is 5.32 Å². The second-order valence-electron chi connectivity index (χ2n) is 5.61. The highest BCUT2D eigenvalue weighted by molar-refractivity contribution is 5.80. The Morgan fingerprint density at radius 1 is 1.36 bits per heavy atom. The lowest BCUT2D eigenvalue weighted by Crippen LogP contribution is -2.43. The van der Waals surface area contributed by atoms with E-state index < -0.39 is 6.04 Å². The summed E-state index contributed by atoms with van der Waals surface area (Å²) in [6, 6.07) is 9.45. The molecule has 1 saturated carbocycles. The summed E-state index contributed by atoms with van der Waals surface area (Å²) in [7, 11) is 0. The summed E-state index contributed by atoms with van der Waals surface area (Å²) in [5, 5.41) is 20.5. The number of carbonyl (C=O) groups is 1. The van der Waals surface area contributed by atoms with Gasteiger partial charge in [-0.25, -0.2) is 4.68 Å². The highest BCUT2D eigenvalue weighted by Gasteiger charge is 2.26. The molecule has 1 amide bonds. The number of carbonyl (C=O) groups excluding carboxylic acids is 1. The summed E-state index contributed by atoms with van der Waals surface area (Å²) in [6.07, 6.45) is 5.32. The zero-order valence-corrected chi connectivity index (χ0v) is 12.4. The van der Waals surface area contributed by atoms with Crippen LogP contribution in [0.25, 0.3) is 11.3 Å². The van der Waals surface area contributed by atoms with Crippen molar-refractivity contribution in [1.82, 2.24) is 20.3 Å². The van der Waals surface area contributed by atoms with Crippen molar-refractivity contribution in [3.63, 3.8) is 0 Å². The summed E-state index contributed by atoms with van der Waals surface area (Å²) < 4.78 is 1.55. The molecule has 6 heteroatoms. The Bertz CT molecular complexity index is 622. The van der Waals surface area contributed by atoms with Gasteiger partial charge in [-0.15, -0.1) is 5.10 Å². The molecule has 1 heterocycles. The number of nitrogens with zero attached hydrogens (tertiary/aromatic N) is 3. The van der Waals surface area contributed by atoms with Crippen LogP contribution in [0, 0.1) is 0 Å². The van der Waals surface area contributed by atoms with E-state index in [4.69, 9.17) is 0 Å². The molecule has 0 saturated heterocycles. The van der Waals surface area contributed by atoms with Crippen LogP contribution in [0.15, 0.2) is 36.5 Å². The Morgan fingerprint density at radius 2 is 2.14 bits per heavy atom. The maximum atomic E-state index is 12.4. The molecule has 0 spiro atoms. The third-order valence-electron chi connectivity index (χ3n) is 4.06. The highest BCUT2D eigenvalue weighted by Crippen LogP contribution is 2.21. The summed E-state index contributed by atoms with van der Waals surface area (Å²) in [4.78, 5) is 12.4. The molecule has 1 aliphatic carbocycles. The first-order valence-corrected chi connectivity index (χ1v) is 7.66. The Labute approximate surface area is 129 Å². The standard InChI is InChI=1S/C16H20N4O2/c21-10-9-15(16(22)17-13-7-4-8-13)20-11-14(18-19-20)12-5-2-1-3-6-12/h1-3,5-6,11,13,15,21H,4,7-10H2,(H,17,22). The first-order valence-electron chi connectivity index (χ1n) is 7.66. The van der Waals surface area contributed by atoms with Gasteiger partial charge in [0, 0.05) is 24.6 Å². The van der Waals surface area contributed by atoms with Gasteiger partial charge in [-0.05, 0) is 19.3 Å². The van der Waals surface area contributed by atoms with Gasteiger partial charge >= 0.3 is 0 Å². The zero-order valence-electron chi connectivity index (χ0n) is 12.4. The molecule has 2 aromatic rings. The molecule has 1 aromatic carbocycles. The minimum Gasteiger partial charge on any atom is -0.396 e. The molecule has 22 heavy (non-hydrogen) atoms. The number of hydrogen-bond donors (Lipinski definition) is 2. The number of benzene rings is 1. The Kier molecular flexibility index (Phi) is 4.48. The number of hydrogen-bond acceptors (Lipinski definition) is 4. The molecule has 2 N–H and O–H groups in total. The van der Waals surface area contributed by atoms with Gasteiger partial charge in [0.15, 0.2) is 0 Å². The summed E-state index contributed by atoms with van der Waals surface area (Å²) in [5.41, 5.74) is 1.68. The largest absolute Gasteiger partial charge is 0.396 e. The van der Waals surface area contributed by atoms with E-state index >= 15 is 0 Å². The van der Waals surface area contributed by atoms with Gasteiger partial charge in [-0.2, -0.15) is 0 Å². The van der Waals surface area contributed by atoms with Crippen LogP contribution in [0.2, 0.25) is 0 Å². The molecule has 1 aromatic heterocycles. The number of nitrogens with one attached hydrogen (secondary N) is 1. The summed E-state index contributed by atoms with van der Waals surface area (Å²) in [5.74, 6) is -0.0942. The Hall–Kier alpha value is -2.21. The fourth-order valence-corrected chi connectivity index (χ4v) is 2.53. The van der Waals surface area contributed by atoms with Gasteiger partial charge < -0.3 is 10.4 Å². The fourth-order valence-electron chi connectivity index (χ4n) is 2.53. The molecular formula is C16H20N4O2. The lowest BCUT2D eigenvalue weighted by Gasteiger charge is -2.28. The average Bonchev–Trinajstić information content (AvgIpc) is 2.99. The molecular weight excluding hydrogens is 280 g/mol. The maximum Gasteiger partial charge on any atom is 0.245 e. The topological polar surface area (TPSA) is 80.0 Å². The Morgan fingerprint density at radius 3 is 2.77 bits per heavy atom. The summed E-state index contributed by atoms with van der Waals surface area (Å²) >= 11 is 0. The van der Waals surface area contributed by atoms with E-state index in [1.165, 1.54) is 0 Å². The van der Waals surface area contributed by atoms with E-state index in [9.17, 15) is 9.90 Å². The van der Waals surface area contributed by atoms with Crippen molar-refractivity contribution in [2.24, 2.45) is 0 Å². The molecule has 6 nitrogen and oxygen atoms in total. The van der Waals surface area contributed by atoms with Crippen molar-refractivity contribution >= 4 is 5.91 Å². The van der Waals surface area contributed by atoms with Crippen molar-refractivity contribution in [3.05, 3.63) is 36.5 Å². The Balaban J connectivity index is 1.76. The van der Waals surface area contributed by atoms with E-state index in [-0.39, 0.29) is 18.6 Å². The molecule has 1 unspecified atom stereocenters. The minimum absolute atomic E-state index is 0.0662. The van der Waals surface area contributed by atoms with E-state index in [1.54, 1.807) is 10.9 Å². The molecule has 1 aliphatic rings. The first-order chi connectivity index (χ1) is 10.8. The predicted octanol–water partition coefficient (Wildman–Crippen LogP) is 1.54. The van der Waals surface area contributed by atoms with Crippen molar-refractivity contribution in [1.29, 1.82) is 0 Å². The van der Waals surface area contributed by atoms with Crippen LogP contribution in [0.5, 0.6) is 0 Å². The van der Waals surface area contributed by atoms with Gasteiger partial charge in [-0.1, -0.05) is 35.5 Å². The SMILES string of the molecule is O=C(NC1CCC1)C(CCO)n1cc(-c2ccccc2)nn1. The van der Waals surface area contributed by atoms with Gasteiger partial charge in [-0.3, -0.25) is 4.79 Å². The smallest absolute Gasteiger partial charge is 0.245 e. The van der Waals surface area contributed by atoms with Gasteiger partial charge in [0.1, 0.15) is 11.7 Å². The van der Waals surface area contributed by atoms with Crippen molar-refractivity contribution < 1.29 is 9.90 Å². The van der Waals surface area contributed by atoms with Crippen LogP contribution in [-0.4, -0.2) is 38.7 Å². The quantitative estimate of drug-likeness (QED) is 0.848. The molecule has 0 aliphatic heterocycles. The number of aliphatic hydroxyl groups is 1. The van der Waals surface area contributed by atoms with Crippen molar-refractivity contribution in [2.45, 2.75) is 37.8 Å². The van der Waals surface area contributed by atoms with Crippen molar-refractivity contribution in [3.8, 4) is 11.3 Å². The average molecular weight is 300 g/mol. The number of rotatable bonds is 6. The van der Waals surface area contributed by atoms with Crippen LogP contribution in [-0.2, 0) is 4.79 Å². The first kappa shape index (κ1) is 14.7. The molecule has 1 atom stereocenters. The van der Waals surface area contributed by atoms with Gasteiger partial charge in [0.05, 0.1) is 6.20 Å². The summed E-state index contributed by atoms with van der Waals surface area (Å²) in [6.45, 7) is -0.0662. The van der Waals surface area contributed by atoms with Gasteiger partial charge in [0.25, 0.3) is 0 Å². The third-order valence-corrected chi connectivity index (χ3v) is 4.06. The molecule has 116 valence electrons. The van der Waals surface area contributed by atoms with Gasteiger partial charge in [0.2, 0.25) is 5.91 Å². The highest BCUT2D eigenvalue weighted by atomic mass is 16.3. The molecule has 0 radical (unpaired) electrons. The normalized spacial score (nSPS) is 16.0. The van der Waals surface area contributed by atoms with E-state index in [0.29, 0.717) is 6.42 Å². The van der Waals surface area contributed by atoms with Crippen LogP contribution in [0.3, 0.4) is 0 Å². The van der Waals surface area contributed by atoms with Crippen LogP contribution in [0.1, 0.15) is 31.7 Å². The monoisotopic (exact) mass is 300 g/mol. The fraction of sp³-hybridized carbons (Fsp3) is 0.438. The van der Waals surface area contributed by atoms with Crippen molar-refractivity contribution in [2.75, 3.05) is 6.61 Å².